The predicted molar refractivity (Wildman–Crippen MR) is 110 cm³/mol. The fraction of sp³-hybridized carbons (Fsp3) is 0.261. The van der Waals surface area contributed by atoms with Crippen molar-refractivity contribution < 1.29 is 14.3 Å². The van der Waals surface area contributed by atoms with E-state index in [-0.39, 0.29) is 5.91 Å². The summed E-state index contributed by atoms with van der Waals surface area (Å²) in [5.41, 5.74) is 5.06. The Morgan fingerprint density at radius 3 is 2.14 bits per heavy atom. The number of benzene rings is 2. The number of carbonyl (C=O) groups excluding carboxylic acids is 1. The molecule has 1 aromatic heterocycles. The number of nitrogens with one attached hydrogen (secondary N) is 1. The topological polar surface area (TPSA) is 52.5 Å². The molecule has 146 valence electrons. The van der Waals surface area contributed by atoms with Gasteiger partial charge in [0.2, 0.25) is 0 Å². The lowest BCUT2D eigenvalue weighted by Crippen LogP contribution is -2.22. The monoisotopic (exact) mass is 378 g/mol. The molecule has 2 aromatic carbocycles. The lowest BCUT2D eigenvalue weighted by atomic mass is 10.1. The molecule has 1 heterocycles. The summed E-state index contributed by atoms with van der Waals surface area (Å²) >= 11 is 0. The molecule has 0 aliphatic rings. The summed E-state index contributed by atoms with van der Waals surface area (Å²) in [5.74, 6) is 0.700. The van der Waals surface area contributed by atoms with Crippen molar-refractivity contribution >= 4 is 5.91 Å². The van der Waals surface area contributed by atoms with Crippen molar-refractivity contribution in [2.45, 2.75) is 20.4 Å². The molecule has 0 bridgehead atoms. The van der Waals surface area contributed by atoms with Gasteiger partial charge in [-0.05, 0) is 67.9 Å². The van der Waals surface area contributed by atoms with E-state index in [1.54, 1.807) is 7.11 Å². The molecule has 0 unspecified atom stereocenters. The van der Waals surface area contributed by atoms with Gasteiger partial charge in [-0.3, -0.25) is 4.79 Å². The summed E-state index contributed by atoms with van der Waals surface area (Å²) < 4.78 is 12.7. The Bertz CT molecular complexity index is 893. The first-order chi connectivity index (χ1) is 13.6. The van der Waals surface area contributed by atoms with Gasteiger partial charge in [-0.1, -0.05) is 12.1 Å². The van der Waals surface area contributed by atoms with Crippen molar-refractivity contribution in [3.05, 3.63) is 83.2 Å². The Balaban J connectivity index is 1.56. The van der Waals surface area contributed by atoms with Crippen LogP contribution in [0, 0.1) is 13.8 Å². The second-order valence-corrected chi connectivity index (χ2v) is 6.67. The lowest BCUT2D eigenvalue weighted by Gasteiger charge is -2.11. The van der Waals surface area contributed by atoms with Crippen LogP contribution in [-0.4, -0.2) is 30.8 Å². The van der Waals surface area contributed by atoms with Crippen LogP contribution in [0.4, 0.5) is 0 Å². The number of carbonyl (C=O) groups is 1. The summed E-state index contributed by atoms with van der Waals surface area (Å²) in [7, 11) is 1.64. The Hall–Kier alpha value is -3.05. The van der Waals surface area contributed by atoms with E-state index in [0.717, 1.165) is 17.0 Å². The van der Waals surface area contributed by atoms with E-state index in [0.29, 0.717) is 25.3 Å². The van der Waals surface area contributed by atoms with Gasteiger partial charge in [0.25, 0.3) is 5.91 Å². The normalized spacial score (nSPS) is 10.7. The first kappa shape index (κ1) is 19.7. The van der Waals surface area contributed by atoms with Gasteiger partial charge in [0, 0.05) is 36.3 Å². The zero-order valence-electron chi connectivity index (χ0n) is 16.6. The van der Waals surface area contributed by atoms with E-state index < -0.39 is 0 Å². The van der Waals surface area contributed by atoms with Crippen LogP contribution < -0.4 is 10.1 Å². The van der Waals surface area contributed by atoms with E-state index in [1.165, 1.54) is 11.4 Å². The van der Waals surface area contributed by atoms with Crippen LogP contribution in [0.1, 0.15) is 27.3 Å². The molecule has 0 atom stereocenters. The second kappa shape index (κ2) is 9.24. The zero-order valence-corrected chi connectivity index (χ0v) is 16.6. The maximum Gasteiger partial charge on any atom is 0.251 e. The molecule has 0 spiro atoms. The molecule has 0 saturated heterocycles. The smallest absolute Gasteiger partial charge is 0.251 e. The fourth-order valence-corrected chi connectivity index (χ4v) is 3.07. The maximum absolute atomic E-state index is 12.4. The van der Waals surface area contributed by atoms with Gasteiger partial charge in [-0.25, -0.2) is 0 Å². The third-order valence-corrected chi connectivity index (χ3v) is 4.59. The van der Waals surface area contributed by atoms with Crippen molar-refractivity contribution in [3.63, 3.8) is 0 Å². The van der Waals surface area contributed by atoms with E-state index in [4.69, 9.17) is 9.47 Å². The molecule has 3 aromatic rings. The van der Waals surface area contributed by atoms with E-state index in [2.05, 4.69) is 35.9 Å². The minimum atomic E-state index is -0.0899. The molecule has 1 amide bonds. The zero-order chi connectivity index (χ0) is 19.9. The number of hydrogen-bond donors (Lipinski definition) is 1. The highest BCUT2D eigenvalue weighted by atomic mass is 16.5. The lowest BCUT2D eigenvalue weighted by molar-refractivity contribution is 0.0951. The van der Waals surface area contributed by atoms with Gasteiger partial charge < -0.3 is 19.4 Å². The Labute approximate surface area is 165 Å². The van der Waals surface area contributed by atoms with Crippen molar-refractivity contribution in [1.82, 2.24) is 9.88 Å². The minimum absolute atomic E-state index is 0.0899. The second-order valence-electron chi connectivity index (χ2n) is 6.67. The molecule has 0 aliphatic carbocycles. The Morgan fingerprint density at radius 2 is 1.54 bits per heavy atom. The van der Waals surface area contributed by atoms with Gasteiger partial charge >= 0.3 is 0 Å². The Morgan fingerprint density at radius 1 is 0.893 bits per heavy atom. The molecule has 28 heavy (non-hydrogen) atoms. The molecule has 5 nitrogen and oxygen atoms in total. The summed E-state index contributed by atoms with van der Waals surface area (Å²) in [4.78, 5) is 12.4. The maximum atomic E-state index is 12.4. The standard InChI is InChI=1S/C23H26N2O3/c1-17-4-5-18(2)25(17)21-10-8-20(9-11-21)23(26)24-16-19-6-12-22(13-7-19)28-15-14-27-3/h4-13H,14-16H2,1-3H3,(H,24,26). The molecule has 1 N–H and O–H groups in total. The number of amides is 1. The summed E-state index contributed by atoms with van der Waals surface area (Å²) in [5, 5.41) is 2.96. The minimum Gasteiger partial charge on any atom is -0.491 e. The third kappa shape index (κ3) is 4.81. The van der Waals surface area contributed by atoms with Crippen LogP contribution in [0.5, 0.6) is 5.75 Å². The number of methoxy groups -OCH3 is 1. The number of rotatable bonds is 8. The number of aromatic nitrogens is 1. The van der Waals surface area contributed by atoms with E-state index in [1.807, 2.05) is 48.5 Å². The molecule has 0 aliphatic heterocycles. The average molecular weight is 378 g/mol. The van der Waals surface area contributed by atoms with Crippen LogP contribution in [0.3, 0.4) is 0 Å². The molecular weight excluding hydrogens is 352 g/mol. The largest absolute Gasteiger partial charge is 0.491 e. The summed E-state index contributed by atoms with van der Waals surface area (Å²) in [6, 6.07) is 19.5. The predicted octanol–water partition coefficient (Wildman–Crippen LogP) is 4.05. The summed E-state index contributed by atoms with van der Waals surface area (Å²) in [6.45, 7) is 5.68. The molecule has 0 radical (unpaired) electrons. The fourth-order valence-electron chi connectivity index (χ4n) is 3.07. The van der Waals surface area contributed by atoms with Crippen molar-refractivity contribution in [2.24, 2.45) is 0 Å². The quantitative estimate of drug-likeness (QED) is 0.602. The van der Waals surface area contributed by atoms with Crippen LogP contribution in [0.15, 0.2) is 60.7 Å². The molecule has 0 saturated carbocycles. The molecule has 5 heteroatoms. The molecule has 3 rings (SSSR count). The van der Waals surface area contributed by atoms with Gasteiger partial charge in [-0.2, -0.15) is 0 Å². The van der Waals surface area contributed by atoms with Crippen molar-refractivity contribution in [2.75, 3.05) is 20.3 Å². The SMILES string of the molecule is COCCOc1ccc(CNC(=O)c2ccc(-n3c(C)ccc3C)cc2)cc1. The first-order valence-electron chi connectivity index (χ1n) is 9.33. The van der Waals surface area contributed by atoms with Crippen LogP contribution >= 0.6 is 0 Å². The van der Waals surface area contributed by atoms with Gasteiger partial charge in [-0.15, -0.1) is 0 Å². The van der Waals surface area contributed by atoms with Gasteiger partial charge in [0.1, 0.15) is 12.4 Å². The summed E-state index contributed by atoms with van der Waals surface area (Å²) in [6.07, 6.45) is 0. The highest BCUT2D eigenvalue weighted by Gasteiger charge is 2.08. The van der Waals surface area contributed by atoms with Crippen molar-refractivity contribution in [1.29, 1.82) is 0 Å². The van der Waals surface area contributed by atoms with Gasteiger partial charge in [0.05, 0.1) is 6.61 Å². The van der Waals surface area contributed by atoms with Crippen LogP contribution in [-0.2, 0) is 11.3 Å². The van der Waals surface area contributed by atoms with Crippen molar-refractivity contribution in [3.8, 4) is 11.4 Å². The first-order valence-corrected chi connectivity index (χ1v) is 9.33. The van der Waals surface area contributed by atoms with Crippen LogP contribution in [0.25, 0.3) is 5.69 Å². The third-order valence-electron chi connectivity index (χ3n) is 4.59. The number of hydrogen-bond acceptors (Lipinski definition) is 3. The van der Waals surface area contributed by atoms with E-state index >= 15 is 0 Å². The highest BCUT2D eigenvalue weighted by molar-refractivity contribution is 5.94. The Kier molecular flexibility index (Phi) is 6.50. The number of nitrogens with zero attached hydrogens (tertiary/aromatic N) is 1. The van der Waals surface area contributed by atoms with Crippen LogP contribution in [0.2, 0.25) is 0 Å². The van der Waals surface area contributed by atoms with Gasteiger partial charge in [0.15, 0.2) is 0 Å². The average Bonchev–Trinajstić information content (AvgIpc) is 3.05. The molecule has 0 fully saturated rings. The number of ether oxygens (including phenoxy) is 2. The highest BCUT2D eigenvalue weighted by Crippen LogP contribution is 2.17. The number of aryl methyl sites for hydroxylation is 2. The molecular formula is C23H26N2O3. The van der Waals surface area contributed by atoms with E-state index in [9.17, 15) is 4.79 Å².